The first-order chi connectivity index (χ1) is 9.56. The average Bonchev–Trinajstić information content (AvgIpc) is 2.45. The van der Waals surface area contributed by atoms with Crippen LogP contribution < -0.4 is 15.4 Å². The molecule has 1 aromatic carbocycles. The number of carbonyl (C=O) groups is 1. The van der Waals surface area contributed by atoms with Crippen molar-refractivity contribution in [1.82, 2.24) is 10.6 Å². The van der Waals surface area contributed by atoms with Crippen molar-refractivity contribution in [2.24, 2.45) is 5.92 Å². The van der Waals surface area contributed by atoms with Crippen LogP contribution >= 0.6 is 12.4 Å². The second-order valence-electron chi connectivity index (χ2n) is 5.32. The Bertz CT molecular complexity index is 426. The maximum Gasteiger partial charge on any atom is 0.220 e. The van der Waals surface area contributed by atoms with E-state index in [9.17, 15) is 4.79 Å². The monoisotopic (exact) mass is 314 g/mol. The lowest BCUT2D eigenvalue weighted by molar-refractivity contribution is -0.121. The Hall–Kier alpha value is -1.26. The van der Waals surface area contributed by atoms with E-state index in [0.29, 0.717) is 19.0 Å². The minimum Gasteiger partial charge on any atom is -0.496 e. The zero-order valence-electron chi connectivity index (χ0n) is 13.3. The molecule has 4 nitrogen and oxygen atoms in total. The van der Waals surface area contributed by atoms with E-state index in [2.05, 4.69) is 23.6 Å². The molecule has 0 aliphatic rings. The van der Waals surface area contributed by atoms with Crippen molar-refractivity contribution >= 4 is 18.3 Å². The van der Waals surface area contributed by atoms with Crippen LogP contribution in [-0.4, -0.2) is 32.7 Å². The number of amides is 1. The molecule has 0 radical (unpaired) electrons. The Morgan fingerprint density at radius 1 is 1.29 bits per heavy atom. The minimum absolute atomic E-state index is 0. The van der Waals surface area contributed by atoms with Crippen molar-refractivity contribution in [2.45, 2.75) is 32.7 Å². The van der Waals surface area contributed by atoms with Crippen LogP contribution in [0, 0.1) is 5.92 Å². The molecule has 1 aromatic rings. The topological polar surface area (TPSA) is 50.4 Å². The molecule has 1 amide bonds. The summed E-state index contributed by atoms with van der Waals surface area (Å²) in [6.07, 6.45) is 1.38. The van der Waals surface area contributed by atoms with Crippen LogP contribution in [0.4, 0.5) is 0 Å². The predicted octanol–water partition coefficient (Wildman–Crippen LogP) is 2.41. The zero-order chi connectivity index (χ0) is 15.0. The van der Waals surface area contributed by atoms with Crippen molar-refractivity contribution in [3.63, 3.8) is 0 Å². The third kappa shape index (κ3) is 7.34. The summed E-state index contributed by atoms with van der Waals surface area (Å²) in [5.74, 6) is 1.29. The van der Waals surface area contributed by atoms with E-state index < -0.39 is 0 Å². The highest BCUT2D eigenvalue weighted by molar-refractivity contribution is 5.85. The van der Waals surface area contributed by atoms with Gasteiger partial charge in [0.2, 0.25) is 5.91 Å². The molecule has 0 spiro atoms. The van der Waals surface area contributed by atoms with Gasteiger partial charge in [0.25, 0.3) is 0 Å². The molecule has 120 valence electrons. The van der Waals surface area contributed by atoms with Gasteiger partial charge < -0.3 is 15.4 Å². The summed E-state index contributed by atoms with van der Waals surface area (Å²) in [6.45, 7) is 4.79. The van der Waals surface area contributed by atoms with Gasteiger partial charge >= 0.3 is 0 Å². The number of nitrogens with one attached hydrogen (secondary N) is 2. The smallest absolute Gasteiger partial charge is 0.220 e. The van der Waals surface area contributed by atoms with Crippen LogP contribution in [0.15, 0.2) is 24.3 Å². The molecule has 0 heterocycles. The molecule has 0 aliphatic carbocycles. The fourth-order valence-corrected chi connectivity index (χ4v) is 2.08. The number of carbonyl (C=O) groups excluding carboxylic acids is 1. The highest BCUT2D eigenvalue weighted by Gasteiger charge is 2.12. The van der Waals surface area contributed by atoms with Gasteiger partial charge in [0.1, 0.15) is 5.75 Å². The van der Waals surface area contributed by atoms with Gasteiger partial charge in [-0.3, -0.25) is 4.79 Å². The molecule has 0 saturated heterocycles. The maximum atomic E-state index is 11.8. The van der Waals surface area contributed by atoms with Crippen molar-refractivity contribution in [2.75, 3.05) is 20.7 Å². The molecule has 0 fully saturated rings. The highest BCUT2D eigenvalue weighted by Crippen LogP contribution is 2.21. The molecule has 2 N–H and O–H groups in total. The quantitative estimate of drug-likeness (QED) is 0.775. The largest absolute Gasteiger partial charge is 0.496 e. The summed E-state index contributed by atoms with van der Waals surface area (Å²) in [4.78, 5) is 11.8. The van der Waals surface area contributed by atoms with Crippen LogP contribution in [0.3, 0.4) is 0 Å². The Kier molecular flexibility index (Phi) is 9.84. The molecule has 2 unspecified atom stereocenters. The van der Waals surface area contributed by atoms with Crippen LogP contribution in [0.1, 0.15) is 25.8 Å². The number of likely N-dealkylation sites (N-methyl/N-ethyl adjacent to an activating group) is 1. The average molecular weight is 315 g/mol. The van der Waals surface area contributed by atoms with Crippen molar-refractivity contribution < 1.29 is 9.53 Å². The lowest BCUT2D eigenvalue weighted by Gasteiger charge is -2.15. The number of halogens is 1. The van der Waals surface area contributed by atoms with E-state index in [-0.39, 0.29) is 24.2 Å². The van der Waals surface area contributed by atoms with Gasteiger partial charge in [0.15, 0.2) is 0 Å². The van der Waals surface area contributed by atoms with Crippen molar-refractivity contribution in [3.05, 3.63) is 29.8 Å². The van der Waals surface area contributed by atoms with Gasteiger partial charge in [0.05, 0.1) is 7.11 Å². The predicted molar refractivity (Wildman–Crippen MR) is 89.3 cm³/mol. The lowest BCUT2D eigenvalue weighted by Crippen LogP contribution is -2.37. The van der Waals surface area contributed by atoms with Gasteiger partial charge in [0, 0.05) is 19.0 Å². The summed E-state index contributed by atoms with van der Waals surface area (Å²) in [7, 11) is 3.57. The summed E-state index contributed by atoms with van der Waals surface area (Å²) in [5.41, 5.74) is 1.15. The molecule has 2 atom stereocenters. The maximum absolute atomic E-state index is 11.8. The minimum atomic E-state index is 0. The molecule has 0 aromatic heterocycles. The summed E-state index contributed by atoms with van der Waals surface area (Å²) in [6, 6.07) is 8.26. The molecule has 0 aliphatic heterocycles. The molecular formula is C16H27ClN2O2. The van der Waals surface area contributed by atoms with E-state index >= 15 is 0 Å². The lowest BCUT2D eigenvalue weighted by atomic mass is 9.97. The van der Waals surface area contributed by atoms with E-state index in [1.165, 1.54) is 0 Å². The van der Waals surface area contributed by atoms with E-state index in [1.54, 1.807) is 7.11 Å². The molecule has 5 heteroatoms. The first kappa shape index (κ1) is 19.7. The van der Waals surface area contributed by atoms with Crippen LogP contribution in [0.5, 0.6) is 5.75 Å². The third-order valence-corrected chi connectivity index (χ3v) is 3.39. The van der Waals surface area contributed by atoms with Crippen molar-refractivity contribution in [1.29, 1.82) is 0 Å². The van der Waals surface area contributed by atoms with Gasteiger partial charge in [-0.1, -0.05) is 25.1 Å². The Labute approximate surface area is 134 Å². The van der Waals surface area contributed by atoms with Crippen LogP contribution in [0.25, 0.3) is 0 Å². The van der Waals surface area contributed by atoms with Crippen molar-refractivity contribution in [3.8, 4) is 5.75 Å². The Balaban J connectivity index is 0.00000400. The molecular weight excluding hydrogens is 288 g/mol. The second-order valence-corrected chi connectivity index (χ2v) is 5.32. The van der Waals surface area contributed by atoms with E-state index in [4.69, 9.17) is 4.74 Å². The zero-order valence-corrected chi connectivity index (χ0v) is 14.1. The van der Waals surface area contributed by atoms with Gasteiger partial charge in [-0.25, -0.2) is 0 Å². The second kappa shape index (κ2) is 10.5. The van der Waals surface area contributed by atoms with Gasteiger partial charge in [-0.15, -0.1) is 12.4 Å². The first-order valence-corrected chi connectivity index (χ1v) is 7.12. The molecule has 0 bridgehead atoms. The number of hydrogen-bond acceptors (Lipinski definition) is 3. The number of para-hydroxylation sites is 1. The van der Waals surface area contributed by atoms with Gasteiger partial charge in [-0.05, 0) is 37.9 Å². The number of rotatable bonds is 8. The summed E-state index contributed by atoms with van der Waals surface area (Å²) in [5, 5.41) is 6.04. The fourth-order valence-electron chi connectivity index (χ4n) is 2.08. The Morgan fingerprint density at radius 2 is 1.95 bits per heavy atom. The van der Waals surface area contributed by atoms with E-state index in [0.717, 1.165) is 17.7 Å². The van der Waals surface area contributed by atoms with Crippen LogP contribution in [-0.2, 0) is 11.2 Å². The summed E-state index contributed by atoms with van der Waals surface area (Å²) >= 11 is 0. The van der Waals surface area contributed by atoms with Gasteiger partial charge in [-0.2, -0.15) is 0 Å². The Morgan fingerprint density at radius 3 is 2.57 bits per heavy atom. The normalized spacial score (nSPS) is 13.0. The highest BCUT2D eigenvalue weighted by atomic mass is 35.5. The number of methoxy groups -OCH3 is 1. The standard InChI is InChI=1S/C16H26N2O2.ClH/c1-12(10-16(19)18-11-13(2)17-3)9-14-7-5-6-8-15(14)20-4;/h5-8,12-13,17H,9-11H2,1-4H3,(H,18,19);1H. The molecule has 21 heavy (non-hydrogen) atoms. The SMILES string of the molecule is CNC(C)CNC(=O)CC(C)Cc1ccccc1OC.Cl. The summed E-state index contributed by atoms with van der Waals surface area (Å²) < 4.78 is 5.34. The third-order valence-electron chi connectivity index (χ3n) is 3.39. The molecule has 0 saturated carbocycles. The first-order valence-electron chi connectivity index (χ1n) is 7.12. The number of hydrogen-bond donors (Lipinski definition) is 2. The fraction of sp³-hybridized carbons (Fsp3) is 0.562. The van der Waals surface area contributed by atoms with E-state index in [1.807, 2.05) is 32.2 Å². The number of benzene rings is 1. The van der Waals surface area contributed by atoms with Crippen LogP contribution in [0.2, 0.25) is 0 Å². The number of ether oxygens (including phenoxy) is 1. The molecule has 1 rings (SSSR count).